The van der Waals surface area contributed by atoms with E-state index in [1.165, 1.54) is 0 Å². The summed E-state index contributed by atoms with van der Waals surface area (Å²) in [6, 6.07) is 7.44. The maximum Gasteiger partial charge on any atom is 0.219 e. The number of anilines is 1. The average molecular weight is 223 g/mol. The predicted molar refractivity (Wildman–Crippen MR) is 60.6 cm³/mol. The zero-order valence-electron chi connectivity index (χ0n) is 8.31. The predicted octanol–water partition coefficient (Wildman–Crippen LogP) is 2.20. The highest BCUT2D eigenvalue weighted by atomic mass is 35.5. The Bertz CT molecular complexity index is 478. The first-order valence-corrected chi connectivity index (χ1v) is 5.05. The molecular weight excluding hydrogens is 212 g/mol. The Labute approximate surface area is 92.7 Å². The van der Waals surface area contributed by atoms with Gasteiger partial charge in [-0.15, -0.1) is 5.10 Å². The van der Waals surface area contributed by atoms with Crippen molar-refractivity contribution in [2.45, 2.75) is 13.5 Å². The molecule has 0 amide bonds. The lowest BCUT2D eigenvalue weighted by atomic mass is 10.2. The van der Waals surface area contributed by atoms with Gasteiger partial charge in [0.1, 0.15) is 0 Å². The molecule has 0 aliphatic heterocycles. The van der Waals surface area contributed by atoms with Gasteiger partial charge in [0.05, 0.1) is 5.02 Å². The summed E-state index contributed by atoms with van der Waals surface area (Å²) in [5, 5.41) is 4.89. The van der Waals surface area contributed by atoms with Crippen LogP contribution in [0.25, 0.3) is 11.4 Å². The van der Waals surface area contributed by atoms with Gasteiger partial charge in [-0.3, -0.25) is 0 Å². The molecule has 15 heavy (non-hydrogen) atoms. The SMILES string of the molecule is CCn1nc(-c2ccccc2Cl)nc1N. The minimum atomic E-state index is 0.410. The quantitative estimate of drug-likeness (QED) is 0.848. The first-order chi connectivity index (χ1) is 7.22. The van der Waals surface area contributed by atoms with E-state index in [-0.39, 0.29) is 0 Å². The fourth-order valence-corrected chi connectivity index (χ4v) is 1.56. The lowest BCUT2D eigenvalue weighted by Crippen LogP contribution is -2.02. The van der Waals surface area contributed by atoms with Crippen LogP contribution in [0.4, 0.5) is 5.95 Å². The zero-order valence-corrected chi connectivity index (χ0v) is 9.07. The van der Waals surface area contributed by atoms with E-state index in [9.17, 15) is 0 Å². The van der Waals surface area contributed by atoms with E-state index in [1.807, 2.05) is 25.1 Å². The Hall–Kier alpha value is -1.55. The fraction of sp³-hybridized carbons (Fsp3) is 0.200. The average Bonchev–Trinajstić information content (AvgIpc) is 2.60. The van der Waals surface area contributed by atoms with Gasteiger partial charge in [-0.05, 0) is 19.1 Å². The van der Waals surface area contributed by atoms with Gasteiger partial charge < -0.3 is 5.73 Å². The summed E-state index contributed by atoms with van der Waals surface area (Å²) >= 11 is 6.03. The van der Waals surface area contributed by atoms with Crippen LogP contribution in [-0.2, 0) is 6.54 Å². The summed E-state index contributed by atoms with van der Waals surface area (Å²) in [7, 11) is 0. The highest BCUT2D eigenvalue weighted by Crippen LogP contribution is 2.25. The van der Waals surface area contributed by atoms with Crippen LogP contribution < -0.4 is 5.73 Å². The van der Waals surface area contributed by atoms with Gasteiger partial charge in [0.2, 0.25) is 5.95 Å². The summed E-state index contributed by atoms with van der Waals surface area (Å²) in [5.74, 6) is 0.979. The van der Waals surface area contributed by atoms with Gasteiger partial charge in [-0.25, -0.2) is 4.68 Å². The molecule has 2 N–H and O–H groups in total. The summed E-state index contributed by atoms with van der Waals surface area (Å²) in [4.78, 5) is 4.16. The molecule has 0 fully saturated rings. The summed E-state index contributed by atoms with van der Waals surface area (Å²) in [5.41, 5.74) is 6.49. The summed E-state index contributed by atoms with van der Waals surface area (Å²) in [6.45, 7) is 2.66. The highest BCUT2D eigenvalue weighted by Gasteiger charge is 2.10. The molecule has 5 heteroatoms. The van der Waals surface area contributed by atoms with Crippen molar-refractivity contribution >= 4 is 17.5 Å². The molecular formula is C10H11ClN4. The van der Waals surface area contributed by atoms with E-state index < -0.39 is 0 Å². The number of nitrogens with two attached hydrogens (primary N) is 1. The Balaban J connectivity index is 2.50. The zero-order chi connectivity index (χ0) is 10.8. The molecule has 1 aromatic carbocycles. The third-order valence-electron chi connectivity index (χ3n) is 2.11. The van der Waals surface area contributed by atoms with Crippen LogP contribution in [-0.4, -0.2) is 14.8 Å². The molecule has 2 aromatic rings. The third kappa shape index (κ3) is 1.80. The monoisotopic (exact) mass is 222 g/mol. The van der Waals surface area contributed by atoms with Crippen LogP contribution in [0.1, 0.15) is 6.92 Å². The minimum absolute atomic E-state index is 0.410. The lowest BCUT2D eigenvalue weighted by Gasteiger charge is -1.97. The molecule has 1 aromatic heterocycles. The largest absolute Gasteiger partial charge is 0.368 e. The second kappa shape index (κ2) is 3.90. The third-order valence-corrected chi connectivity index (χ3v) is 2.44. The fourth-order valence-electron chi connectivity index (χ4n) is 1.34. The Morgan fingerprint density at radius 1 is 1.40 bits per heavy atom. The van der Waals surface area contributed by atoms with Crippen LogP contribution >= 0.6 is 11.6 Å². The number of hydrogen-bond acceptors (Lipinski definition) is 3. The van der Waals surface area contributed by atoms with Crippen molar-refractivity contribution in [3.05, 3.63) is 29.3 Å². The topological polar surface area (TPSA) is 56.7 Å². The maximum atomic E-state index is 6.03. The van der Waals surface area contributed by atoms with Crippen molar-refractivity contribution in [2.75, 3.05) is 5.73 Å². The van der Waals surface area contributed by atoms with Crippen molar-refractivity contribution in [3.8, 4) is 11.4 Å². The standard InChI is InChI=1S/C10H11ClN4/c1-2-15-10(12)13-9(14-15)7-5-3-4-6-8(7)11/h3-6H,2H2,1H3,(H2,12,13,14). The number of aromatic nitrogens is 3. The van der Waals surface area contributed by atoms with Crippen LogP contribution in [0.15, 0.2) is 24.3 Å². The molecule has 0 radical (unpaired) electrons. The molecule has 0 aliphatic rings. The van der Waals surface area contributed by atoms with Gasteiger partial charge in [0.25, 0.3) is 0 Å². The van der Waals surface area contributed by atoms with Crippen LogP contribution in [0, 0.1) is 0 Å². The Kier molecular flexibility index (Phi) is 2.60. The molecule has 0 atom stereocenters. The van der Waals surface area contributed by atoms with Crippen LogP contribution in [0.2, 0.25) is 5.02 Å². The van der Waals surface area contributed by atoms with Crippen molar-refractivity contribution in [1.82, 2.24) is 14.8 Å². The van der Waals surface area contributed by atoms with E-state index in [0.717, 1.165) is 5.56 Å². The number of hydrogen-bond donors (Lipinski definition) is 1. The molecule has 0 bridgehead atoms. The molecule has 0 unspecified atom stereocenters. The molecule has 4 nitrogen and oxygen atoms in total. The number of benzene rings is 1. The van der Waals surface area contributed by atoms with E-state index in [2.05, 4.69) is 10.1 Å². The highest BCUT2D eigenvalue weighted by molar-refractivity contribution is 6.33. The molecule has 0 spiro atoms. The molecule has 0 saturated carbocycles. The Morgan fingerprint density at radius 2 is 2.13 bits per heavy atom. The van der Waals surface area contributed by atoms with Crippen LogP contribution in [0.3, 0.4) is 0 Å². The maximum absolute atomic E-state index is 6.03. The van der Waals surface area contributed by atoms with Crippen LogP contribution in [0.5, 0.6) is 0 Å². The molecule has 1 heterocycles. The van der Waals surface area contributed by atoms with Crippen molar-refractivity contribution in [1.29, 1.82) is 0 Å². The van der Waals surface area contributed by atoms with E-state index in [1.54, 1.807) is 10.7 Å². The molecule has 0 aliphatic carbocycles. The number of nitrogens with zero attached hydrogens (tertiary/aromatic N) is 3. The number of rotatable bonds is 2. The van der Waals surface area contributed by atoms with Gasteiger partial charge in [-0.1, -0.05) is 23.7 Å². The smallest absolute Gasteiger partial charge is 0.219 e. The second-order valence-corrected chi connectivity index (χ2v) is 3.50. The van der Waals surface area contributed by atoms with Gasteiger partial charge in [0.15, 0.2) is 5.82 Å². The number of aryl methyl sites for hydroxylation is 1. The van der Waals surface area contributed by atoms with Crippen molar-refractivity contribution in [2.24, 2.45) is 0 Å². The molecule has 78 valence electrons. The minimum Gasteiger partial charge on any atom is -0.368 e. The van der Waals surface area contributed by atoms with Gasteiger partial charge in [-0.2, -0.15) is 4.98 Å². The molecule has 2 rings (SSSR count). The normalized spacial score (nSPS) is 10.5. The Morgan fingerprint density at radius 3 is 2.73 bits per heavy atom. The summed E-state index contributed by atoms with van der Waals surface area (Å²) in [6.07, 6.45) is 0. The lowest BCUT2D eigenvalue weighted by molar-refractivity contribution is 0.671. The second-order valence-electron chi connectivity index (χ2n) is 3.09. The van der Waals surface area contributed by atoms with Crippen molar-refractivity contribution < 1.29 is 0 Å². The number of halogens is 1. The van der Waals surface area contributed by atoms with E-state index in [4.69, 9.17) is 17.3 Å². The van der Waals surface area contributed by atoms with Gasteiger partial charge >= 0.3 is 0 Å². The summed E-state index contributed by atoms with van der Waals surface area (Å²) < 4.78 is 1.64. The van der Waals surface area contributed by atoms with Crippen molar-refractivity contribution in [3.63, 3.8) is 0 Å². The van der Waals surface area contributed by atoms with E-state index in [0.29, 0.717) is 23.3 Å². The number of nitrogen functional groups attached to an aromatic ring is 1. The first kappa shape index (κ1) is 9.98. The molecule has 0 saturated heterocycles. The van der Waals surface area contributed by atoms with E-state index >= 15 is 0 Å². The van der Waals surface area contributed by atoms with Gasteiger partial charge in [0, 0.05) is 12.1 Å². The first-order valence-electron chi connectivity index (χ1n) is 4.67.